The molecule has 1 heterocycles. The van der Waals surface area contributed by atoms with E-state index in [1.54, 1.807) is 12.3 Å². The van der Waals surface area contributed by atoms with Crippen LogP contribution in [0.15, 0.2) is 24.4 Å². The quantitative estimate of drug-likeness (QED) is 0.700. The number of carboxylic acids is 1. The minimum atomic E-state index is -0.943. The van der Waals surface area contributed by atoms with Crippen molar-refractivity contribution in [1.29, 1.82) is 0 Å². The van der Waals surface area contributed by atoms with E-state index in [1.807, 2.05) is 12.1 Å². The molecule has 110 valence electrons. The summed E-state index contributed by atoms with van der Waals surface area (Å²) in [6.07, 6.45) is 9.06. The molecule has 0 saturated carbocycles. The number of carboxylic acid groups (broad SMARTS) is 1. The van der Waals surface area contributed by atoms with Gasteiger partial charge in [0.2, 0.25) is 0 Å². The van der Waals surface area contributed by atoms with Crippen LogP contribution < -0.4 is 4.90 Å². The highest BCUT2D eigenvalue weighted by Crippen LogP contribution is 2.14. The zero-order chi connectivity index (χ0) is 14.8. The topological polar surface area (TPSA) is 53.4 Å². The van der Waals surface area contributed by atoms with E-state index in [9.17, 15) is 4.79 Å². The molecule has 1 aromatic rings. The van der Waals surface area contributed by atoms with Gasteiger partial charge in [0.1, 0.15) is 5.82 Å². The van der Waals surface area contributed by atoms with Gasteiger partial charge in [0.05, 0.1) is 0 Å². The molecule has 0 spiro atoms. The summed E-state index contributed by atoms with van der Waals surface area (Å²) in [4.78, 5) is 17.2. The molecule has 4 heteroatoms. The van der Waals surface area contributed by atoms with Crippen molar-refractivity contribution in [3.8, 4) is 0 Å². The lowest BCUT2D eigenvalue weighted by atomic mass is 10.2. The Morgan fingerprint density at radius 1 is 1.25 bits per heavy atom. The van der Waals surface area contributed by atoms with Crippen molar-refractivity contribution < 1.29 is 9.90 Å². The first-order valence-corrected chi connectivity index (χ1v) is 7.29. The number of unbranched alkanes of at least 4 members (excludes halogenated alkanes) is 2. The van der Waals surface area contributed by atoms with Gasteiger partial charge < -0.3 is 10.0 Å². The zero-order valence-corrected chi connectivity index (χ0v) is 12.4. The lowest BCUT2D eigenvalue weighted by Gasteiger charge is -2.23. The summed E-state index contributed by atoms with van der Waals surface area (Å²) in [5, 5.41) is 8.60. The van der Waals surface area contributed by atoms with Crippen LogP contribution in [0.25, 0.3) is 6.08 Å². The van der Waals surface area contributed by atoms with Gasteiger partial charge in [0, 0.05) is 25.4 Å². The van der Waals surface area contributed by atoms with Crippen molar-refractivity contribution >= 4 is 17.9 Å². The Morgan fingerprint density at radius 2 is 1.90 bits per heavy atom. The molecule has 0 atom stereocenters. The number of nitrogens with zero attached hydrogens (tertiary/aromatic N) is 2. The van der Waals surface area contributed by atoms with Crippen LogP contribution in [0.3, 0.4) is 0 Å². The van der Waals surface area contributed by atoms with Crippen molar-refractivity contribution in [2.75, 3.05) is 18.0 Å². The molecule has 0 unspecified atom stereocenters. The van der Waals surface area contributed by atoms with E-state index < -0.39 is 5.97 Å². The summed E-state index contributed by atoms with van der Waals surface area (Å²) in [6, 6.07) is 3.87. The summed E-state index contributed by atoms with van der Waals surface area (Å²) in [5.74, 6) is 0.0287. The van der Waals surface area contributed by atoms with E-state index in [-0.39, 0.29) is 0 Å². The van der Waals surface area contributed by atoms with E-state index in [1.165, 1.54) is 12.8 Å². The maximum atomic E-state index is 10.5. The van der Waals surface area contributed by atoms with Gasteiger partial charge in [-0.05, 0) is 36.6 Å². The third kappa shape index (κ3) is 5.87. The van der Waals surface area contributed by atoms with Gasteiger partial charge in [-0.3, -0.25) is 0 Å². The van der Waals surface area contributed by atoms with Crippen LogP contribution in [0.4, 0.5) is 5.82 Å². The Labute approximate surface area is 121 Å². The van der Waals surface area contributed by atoms with E-state index >= 15 is 0 Å². The highest BCUT2D eigenvalue weighted by molar-refractivity contribution is 5.85. The Morgan fingerprint density at radius 3 is 2.35 bits per heavy atom. The van der Waals surface area contributed by atoms with Crippen LogP contribution in [0, 0.1) is 0 Å². The van der Waals surface area contributed by atoms with Crippen LogP contribution in [0.1, 0.15) is 45.1 Å². The largest absolute Gasteiger partial charge is 0.478 e. The molecule has 1 rings (SSSR count). The molecule has 0 radical (unpaired) electrons. The molecule has 0 saturated heterocycles. The number of hydrogen-bond acceptors (Lipinski definition) is 3. The molecule has 0 amide bonds. The smallest absolute Gasteiger partial charge is 0.328 e. The average molecular weight is 276 g/mol. The number of anilines is 1. The first kappa shape index (κ1) is 16.2. The first-order chi connectivity index (χ1) is 9.67. The summed E-state index contributed by atoms with van der Waals surface area (Å²) >= 11 is 0. The van der Waals surface area contributed by atoms with E-state index in [0.29, 0.717) is 0 Å². The fraction of sp³-hybridized carbons (Fsp3) is 0.500. The van der Waals surface area contributed by atoms with Crippen LogP contribution in [0.2, 0.25) is 0 Å². The van der Waals surface area contributed by atoms with Crippen LogP contribution in [-0.2, 0) is 4.79 Å². The second-order valence-corrected chi connectivity index (χ2v) is 4.82. The van der Waals surface area contributed by atoms with Crippen molar-refractivity contribution in [2.24, 2.45) is 0 Å². The minimum absolute atomic E-state index is 0.807. The monoisotopic (exact) mass is 276 g/mol. The maximum Gasteiger partial charge on any atom is 0.328 e. The molecule has 0 bridgehead atoms. The molecule has 0 aliphatic rings. The maximum absolute atomic E-state index is 10.5. The van der Waals surface area contributed by atoms with E-state index in [4.69, 9.17) is 5.11 Å². The number of aromatic nitrogens is 1. The summed E-state index contributed by atoms with van der Waals surface area (Å²) < 4.78 is 0. The molecule has 20 heavy (non-hydrogen) atoms. The Hall–Kier alpha value is -1.84. The normalized spacial score (nSPS) is 10.9. The van der Waals surface area contributed by atoms with Gasteiger partial charge in [-0.25, -0.2) is 9.78 Å². The molecular weight excluding hydrogens is 252 g/mol. The number of hydrogen-bond donors (Lipinski definition) is 1. The van der Waals surface area contributed by atoms with Crippen molar-refractivity contribution in [3.63, 3.8) is 0 Å². The van der Waals surface area contributed by atoms with Crippen LogP contribution >= 0.6 is 0 Å². The first-order valence-electron chi connectivity index (χ1n) is 7.29. The average Bonchev–Trinajstić information content (AvgIpc) is 2.46. The lowest BCUT2D eigenvalue weighted by molar-refractivity contribution is -0.131. The number of rotatable bonds is 9. The summed E-state index contributed by atoms with van der Waals surface area (Å²) in [6.45, 7) is 6.41. The van der Waals surface area contributed by atoms with Gasteiger partial charge in [0.15, 0.2) is 0 Å². The fourth-order valence-corrected chi connectivity index (χ4v) is 1.89. The summed E-state index contributed by atoms with van der Waals surface area (Å²) in [7, 11) is 0. The predicted molar refractivity (Wildman–Crippen MR) is 82.9 cm³/mol. The number of aliphatic carboxylic acids is 1. The molecule has 0 aliphatic carbocycles. The standard InChI is InChI=1S/C16H24N2O2/c1-3-5-11-18(12-6-4-2)15-9-7-14(13-17-15)8-10-16(19)20/h7-10,13H,3-6,11-12H2,1-2H3,(H,19,20)/b10-8+. The van der Waals surface area contributed by atoms with Crippen LogP contribution in [0.5, 0.6) is 0 Å². The fourth-order valence-electron chi connectivity index (χ4n) is 1.89. The SMILES string of the molecule is CCCCN(CCCC)c1ccc(/C=C/C(=O)O)cn1. The predicted octanol–water partition coefficient (Wildman–Crippen LogP) is 3.59. The Bertz CT molecular complexity index is 419. The van der Waals surface area contributed by atoms with E-state index in [0.717, 1.165) is 43.4 Å². The highest BCUT2D eigenvalue weighted by Gasteiger charge is 2.06. The van der Waals surface area contributed by atoms with Gasteiger partial charge in [-0.2, -0.15) is 0 Å². The second-order valence-electron chi connectivity index (χ2n) is 4.82. The number of carbonyl (C=O) groups is 1. The summed E-state index contributed by atoms with van der Waals surface area (Å²) in [5.41, 5.74) is 0.807. The Balaban J connectivity index is 2.72. The third-order valence-electron chi connectivity index (χ3n) is 3.08. The van der Waals surface area contributed by atoms with Gasteiger partial charge >= 0.3 is 5.97 Å². The van der Waals surface area contributed by atoms with Gasteiger partial charge in [-0.1, -0.05) is 26.7 Å². The molecule has 4 nitrogen and oxygen atoms in total. The molecule has 0 fully saturated rings. The van der Waals surface area contributed by atoms with Crippen molar-refractivity contribution in [3.05, 3.63) is 30.0 Å². The second kappa shape index (κ2) is 9.13. The molecule has 0 aliphatic heterocycles. The molecule has 0 aromatic carbocycles. The highest BCUT2D eigenvalue weighted by atomic mass is 16.4. The number of pyridine rings is 1. The van der Waals surface area contributed by atoms with Crippen molar-refractivity contribution in [1.82, 2.24) is 4.98 Å². The van der Waals surface area contributed by atoms with Crippen molar-refractivity contribution in [2.45, 2.75) is 39.5 Å². The molecule has 1 N–H and O–H groups in total. The van der Waals surface area contributed by atoms with Crippen LogP contribution in [-0.4, -0.2) is 29.1 Å². The molecular formula is C16H24N2O2. The zero-order valence-electron chi connectivity index (χ0n) is 12.4. The van der Waals surface area contributed by atoms with E-state index in [2.05, 4.69) is 23.7 Å². The third-order valence-corrected chi connectivity index (χ3v) is 3.08. The lowest BCUT2D eigenvalue weighted by Crippen LogP contribution is -2.26. The Kier molecular flexibility index (Phi) is 7.40. The molecule has 1 aromatic heterocycles. The van der Waals surface area contributed by atoms with Gasteiger partial charge in [0.25, 0.3) is 0 Å². The minimum Gasteiger partial charge on any atom is -0.478 e. The van der Waals surface area contributed by atoms with Gasteiger partial charge in [-0.15, -0.1) is 0 Å².